The molecule has 0 bridgehead atoms. The summed E-state index contributed by atoms with van der Waals surface area (Å²) >= 11 is 1.32. The highest BCUT2D eigenvalue weighted by atomic mass is 32.1. The van der Waals surface area contributed by atoms with Gasteiger partial charge in [0.05, 0.1) is 30.8 Å². The minimum absolute atomic E-state index is 0.0813. The van der Waals surface area contributed by atoms with Crippen molar-refractivity contribution in [2.45, 2.75) is 0 Å². The van der Waals surface area contributed by atoms with E-state index in [0.29, 0.717) is 5.56 Å². The number of rotatable bonds is 6. The van der Waals surface area contributed by atoms with Gasteiger partial charge in [-0.2, -0.15) is 16.6 Å². The van der Waals surface area contributed by atoms with E-state index in [-0.39, 0.29) is 28.3 Å². The molecule has 0 aliphatic heterocycles. The van der Waals surface area contributed by atoms with Gasteiger partial charge in [0.15, 0.2) is 11.5 Å². The quantitative estimate of drug-likeness (QED) is 0.261. The molecule has 122 valence electrons. The van der Waals surface area contributed by atoms with Crippen LogP contribution in [0.3, 0.4) is 0 Å². The molecule has 0 saturated heterocycles. The van der Waals surface area contributed by atoms with Gasteiger partial charge in [-0.3, -0.25) is 14.9 Å². The van der Waals surface area contributed by atoms with Crippen molar-refractivity contribution >= 4 is 28.9 Å². The summed E-state index contributed by atoms with van der Waals surface area (Å²) in [6.45, 7) is 0. The van der Waals surface area contributed by atoms with Crippen molar-refractivity contribution in [3.05, 3.63) is 55.8 Å². The summed E-state index contributed by atoms with van der Waals surface area (Å²) in [6.07, 6.45) is 1.18. The molecule has 8 heteroatoms. The average Bonchev–Trinajstić information content (AvgIpc) is 3.12. The van der Waals surface area contributed by atoms with Gasteiger partial charge in [0.1, 0.15) is 11.6 Å². The molecule has 0 saturated carbocycles. The SMILES string of the molecule is COc1cc(C=C(C#N)C(=O)c2ccsc2)c([N+](=O)[O-])cc1OC. The summed E-state index contributed by atoms with van der Waals surface area (Å²) in [7, 11) is 2.75. The van der Waals surface area contributed by atoms with Gasteiger partial charge >= 0.3 is 0 Å². The lowest BCUT2D eigenvalue weighted by atomic mass is 10.0. The van der Waals surface area contributed by atoms with Crippen molar-refractivity contribution in [2.24, 2.45) is 0 Å². The molecule has 24 heavy (non-hydrogen) atoms. The third-order valence-corrected chi connectivity index (χ3v) is 3.86. The standard InChI is InChI=1S/C16H12N2O5S/c1-22-14-6-11(13(18(20)21)7-15(14)23-2)5-12(8-17)16(19)10-3-4-24-9-10/h3-7,9H,1-2H3. The van der Waals surface area contributed by atoms with E-state index in [9.17, 15) is 20.2 Å². The van der Waals surface area contributed by atoms with E-state index in [1.54, 1.807) is 22.9 Å². The highest BCUT2D eigenvalue weighted by molar-refractivity contribution is 7.08. The summed E-state index contributed by atoms with van der Waals surface area (Å²) < 4.78 is 10.2. The maximum absolute atomic E-state index is 12.3. The predicted octanol–water partition coefficient (Wildman–Crippen LogP) is 3.46. The molecule has 0 aliphatic carbocycles. The molecule has 1 aromatic carbocycles. The van der Waals surface area contributed by atoms with Crippen molar-refractivity contribution in [1.82, 2.24) is 0 Å². The Bertz CT molecular complexity index is 850. The Labute approximate surface area is 141 Å². The molecular weight excluding hydrogens is 332 g/mol. The molecule has 0 atom stereocenters. The first-order valence-electron chi connectivity index (χ1n) is 6.61. The van der Waals surface area contributed by atoms with Gasteiger partial charge in [0.2, 0.25) is 5.78 Å². The second kappa shape index (κ2) is 7.39. The largest absolute Gasteiger partial charge is 0.493 e. The van der Waals surface area contributed by atoms with Gasteiger partial charge < -0.3 is 9.47 Å². The fourth-order valence-electron chi connectivity index (χ4n) is 2.01. The lowest BCUT2D eigenvalue weighted by molar-refractivity contribution is -0.385. The first-order valence-corrected chi connectivity index (χ1v) is 7.55. The smallest absolute Gasteiger partial charge is 0.280 e. The number of thiophene rings is 1. The number of benzene rings is 1. The molecule has 0 fully saturated rings. The van der Waals surface area contributed by atoms with E-state index in [0.717, 1.165) is 0 Å². The highest BCUT2D eigenvalue weighted by Crippen LogP contribution is 2.35. The summed E-state index contributed by atoms with van der Waals surface area (Å²) in [5.74, 6) is -0.0542. The van der Waals surface area contributed by atoms with E-state index in [2.05, 4.69) is 0 Å². The number of ketones is 1. The van der Waals surface area contributed by atoms with Crippen molar-refractivity contribution in [3.63, 3.8) is 0 Å². The Morgan fingerprint density at radius 2 is 2.00 bits per heavy atom. The van der Waals surface area contributed by atoms with Gasteiger partial charge in [-0.15, -0.1) is 0 Å². The average molecular weight is 344 g/mol. The van der Waals surface area contributed by atoms with Crippen LogP contribution in [0.2, 0.25) is 0 Å². The van der Waals surface area contributed by atoms with Crippen molar-refractivity contribution < 1.29 is 19.2 Å². The maximum atomic E-state index is 12.3. The normalized spacial score (nSPS) is 10.8. The molecule has 0 aliphatic rings. The number of nitrogens with zero attached hydrogens (tertiary/aromatic N) is 2. The Morgan fingerprint density at radius 1 is 1.33 bits per heavy atom. The molecule has 2 aromatic rings. The Balaban J connectivity index is 2.59. The molecule has 2 rings (SSSR count). The van der Waals surface area contributed by atoms with E-state index in [4.69, 9.17) is 9.47 Å². The van der Waals surface area contributed by atoms with Crippen molar-refractivity contribution in [1.29, 1.82) is 5.26 Å². The molecule has 0 N–H and O–H groups in total. The number of nitro benzene ring substituents is 1. The minimum Gasteiger partial charge on any atom is -0.493 e. The first-order chi connectivity index (χ1) is 11.5. The van der Waals surface area contributed by atoms with Crippen LogP contribution in [0, 0.1) is 21.4 Å². The number of hydrogen-bond donors (Lipinski definition) is 0. The van der Waals surface area contributed by atoms with Gasteiger partial charge in [-0.05, 0) is 23.6 Å². The van der Waals surface area contributed by atoms with Crippen molar-refractivity contribution in [3.8, 4) is 17.6 Å². The molecule has 0 amide bonds. The minimum atomic E-state index is -0.613. The molecule has 1 heterocycles. The second-order valence-corrected chi connectivity index (χ2v) is 5.31. The lowest BCUT2D eigenvalue weighted by Gasteiger charge is -2.09. The topological polar surface area (TPSA) is 102 Å². The zero-order valence-corrected chi connectivity index (χ0v) is 13.6. The van der Waals surface area contributed by atoms with E-state index < -0.39 is 10.7 Å². The lowest BCUT2D eigenvalue weighted by Crippen LogP contribution is -2.01. The molecule has 7 nitrogen and oxygen atoms in total. The van der Waals surface area contributed by atoms with Crippen LogP contribution in [-0.4, -0.2) is 24.9 Å². The molecule has 0 unspecified atom stereocenters. The Morgan fingerprint density at radius 3 is 2.50 bits per heavy atom. The van der Waals surface area contributed by atoms with Crippen LogP contribution >= 0.6 is 11.3 Å². The third-order valence-electron chi connectivity index (χ3n) is 3.18. The van der Waals surface area contributed by atoms with Crippen LogP contribution in [0.4, 0.5) is 5.69 Å². The summed E-state index contributed by atoms with van der Waals surface area (Å²) in [5, 5.41) is 23.8. The highest BCUT2D eigenvalue weighted by Gasteiger charge is 2.20. The number of carbonyl (C=O) groups is 1. The number of nitro groups is 1. The molecule has 1 aromatic heterocycles. The number of methoxy groups -OCH3 is 2. The molecule has 0 radical (unpaired) electrons. The van der Waals surface area contributed by atoms with Gasteiger partial charge in [-0.25, -0.2) is 0 Å². The van der Waals surface area contributed by atoms with E-state index >= 15 is 0 Å². The van der Waals surface area contributed by atoms with Gasteiger partial charge in [-0.1, -0.05) is 0 Å². The van der Waals surface area contributed by atoms with Crippen LogP contribution in [-0.2, 0) is 0 Å². The molecular formula is C16H12N2O5S. The van der Waals surface area contributed by atoms with Crippen molar-refractivity contribution in [2.75, 3.05) is 14.2 Å². The number of ether oxygens (including phenoxy) is 2. The van der Waals surface area contributed by atoms with E-state index in [1.807, 2.05) is 0 Å². The summed E-state index contributed by atoms with van der Waals surface area (Å²) in [6, 6.07) is 5.92. The number of Topliss-reactive ketones (excluding diaryl/α,β-unsaturated/α-hetero) is 1. The zero-order chi connectivity index (χ0) is 17.7. The summed E-state index contributed by atoms with van der Waals surface area (Å²) in [4.78, 5) is 22.9. The zero-order valence-electron chi connectivity index (χ0n) is 12.8. The fourth-order valence-corrected chi connectivity index (χ4v) is 2.65. The van der Waals surface area contributed by atoms with Crippen LogP contribution in [0.5, 0.6) is 11.5 Å². The number of allylic oxidation sites excluding steroid dienone is 1. The first kappa shape index (κ1) is 17.2. The third kappa shape index (κ3) is 3.42. The number of hydrogen-bond acceptors (Lipinski definition) is 7. The van der Waals surface area contributed by atoms with Crippen LogP contribution in [0.15, 0.2) is 34.5 Å². The van der Waals surface area contributed by atoms with Crippen LogP contribution in [0.25, 0.3) is 6.08 Å². The monoisotopic (exact) mass is 344 g/mol. The van der Waals surface area contributed by atoms with E-state index in [1.165, 1.54) is 43.8 Å². The second-order valence-electron chi connectivity index (χ2n) is 4.53. The Kier molecular flexibility index (Phi) is 5.29. The Hall–Kier alpha value is -3.18. The molecule has 0 spiro atoms. The van der Waals surface area contributed by atoms with Gasteiger partial charge in [0.25, 0.3) is 5.69 Å². The number of nitriles is 1. The maximum Gasteiger partial charge on any atom is 0.280 e. The van der Waals surface area contributed by atoms with Crippen LogP contribution in [0.1, 0.15) is 15.9 Å². The summed E-state index contributed by atoms with van der Waals surface area (Å²) in [5.41, 5.74) is -0.0593. The number of carbonyl (C=O) groups excluding carboxylic acids is 1. The van der Waals surface area contributed by atoms with Crippen LogP contribution < -0.4 is 9.47 Å². The fraction of sp³-hybridized carbons (Fsp3) is 0.125. The predicted molar refractivity (Wildman–Crippen MR) is 88.4 cm³/mol. The van der Waals surface area contributed by atoms with Gasteiger partial charge in [0, 0.05) is 10.9 Å².